The standard InChI is InChI=1S/C9H14O2/c1-5-6-7(8(10)11-4)9(6,2)3/h5-7H,1H2,2-4H3. The molecule has 1 rings (SSSR count). The lowest BCUT2D eigenvalue weighted by Gasteiger charge is -1.98. The summed E-state index contributed by atoms with van der Waals surface area (Å²) in [5.41, 5.74) is 0.0643. The maximum absolute atomic E-state index is 11.1. The summed E-state index contributed by atoms with van der Waals surface area (Å²) in [6, 6.07) is 0. The van der Waals surface area contributed by atoms with Crippen molar-refractivity contribution >= 4 is 5.97 Å². The van der Waals surface area contributed by atoms with Crippen LogP contribution in [0.15, 0.2) is 12.7 Å². The Balaban J connectivity index is 2.66. The predicted octanol–water partition coefficient (Wildman–Crippen LogP) is 1.62. The zero-order valence-corrected chi connectivity index (χ0v) is 7.26. The van der Waals surface area contributed by atoms with E-state index in [0.29, 0.717) is 5.92 Å². The van der Waals surface area contributed by atoms with E-state index < -0.39 is 0 Å². The van der Waals surface area contributed by atoms with Crippen LogP contribution in [0.4, 0.5) is 0 Å². The number of carbonyl (C=O) groups excluding carboxylic acids is 1. The van der Waals surface area contributed by atoms with Gasteiger partial charge < -0.3 is 4.74 Å². The topological polar surface area (TPSA) is 26.3 Å². The second-order valence-electron chi connectivity index (χ2n) is 3.58. The maximum atomic E-state index is 11.1. The maximum Gasteiger partial charge on any atom is 0.309 e. The molecule has 2 nitrogen and oxygen atoms in total. The SMILES string of the molecule is C=CC1C(C(=O)OC)C1(C)C. The van der Waals surface area contributed by atoms with E-state index in [2.05, 4.69) is 25.2 Å². The molecule has 0 heterocycles. The summed E-state index contributed by atoms with van der Waals surface area (Å²) in [6.07, 6.45) is 1.83. The molecule has 11 heavy (non-hydrogen) atoms. The number of rotatable bonds is 2. The lowest BCUT2D eigenvalue weighted by molar-refractivity contribution is -0.143. The number of esters is 1. The van der Waals surface area contributed by atoms with Crippen LogP contribution in [0.2, 0.25) is 0 Å². The molecule has 0 saturated heterocycles. The lowest BCUT2D eigenvalue weighted by atomic mass is 10.1. The van der Waals surface area contributed by atoms with Crippen LogP contribution < -0.4 is 0 Å². The van der Waals surface area contributed by atoms with E-state index in [1.165, 1.54) is 7.11 Å². The van der Waals surface area contributed by atoms with Crippen molar-refractivity contribution in [1.82, 2.24) is 0 Å². The van der Waals surface area contributed by atoms with Crippen LogP contribution in [-0.2, 0) is 9.53 Å². The number of carbonyl (C=O) groups is 1. The van der Waals surface area contributed by atoms with Gasteiger partial charge in [-0.05, 0) is 11.3 Å². The molecule has 1 aliphatic rings. The van der Waals surface area contributed by atoms with Gasteiger partial charge in [-0.2, -0.15) is 0 Å². The summed E-state index contributed by atoms with van der Waals surface area (Å²) in [5, 5.41) is 0. The highest BCUT2D eigenvalue weighted by Crippen LogP contribution is 2.59. The van der Waals surface area contributed by atoms with Crippen molar-refractivity contribution in [2.45, 2.75) is 13.8 Å². The van der Waals surface area contributed by atoms with Crippen molar-refractivity contribution in [3.05, 3.63) is 12.7 Å². The number of ether oxygens (including phenoxy) is 1. The first-order valence-electron chi connectivity index (χ1n) is 3.76. The van der Waals surface area contributed by atoms with Gasteiger partial charge in [0.05, 0.1) is 13.0 Å². The van der Waals surface area contributed by atoms with Gasteiger partial charge in [0.15, 0.2) is 0 Å². The van der Waals surface area contributed by atoms with E-state index in [1.54, 1.807) is 0 Å². The zero-order valence-electron chi connectivity index (χ0n) is 7.26. The third-order valence-corrected chi connectivity index (χ3v) is 2.62. The Hall–Kier alpha value is -0.790. The first-order valence-corrected chi connectivity index (χ1v) is 3.76. The Kier molecular flexibility index (Phi) is 1.78. The van der Waals surface area contributed by atoms with Crippen molar-refractivity contribution in [3.8, 4) is 0 Å². The molecule has 1 fully saturated rings. The van der Waals surface area contributed by atoms with Crippen molar-refractivity contribution in [3.63, 3.8) is 0 Å². The monoisotopic (exact) mass is 154 g/mol. The minimum absolute atomic E-state index is 0.0324. The molecule has 0 aromatic rings. The smallest absolute Gasteiger partial charge is 0.309 e. The Morgan fingerprint density at radius 3 is 2.45 bits per heavy atom. The molecule has 2 atom stereocenters. The van der Waals surface area contributed by atoms with Gasteiger partial charge in [-0.3, -0.25) is 4.79 Å². The second kappa shape index (κ2) is 2.36. The second-order valence-corrected chi connectivity index (χ2v) is 3.58. The van der Waals surface area contributed by atoms with Gasteiger partial charge in [0.1, 0.15) is 0 Å². The van der Waals surface area contributed by atoms with E-state index in [0.717, 1.165) is 0 Å². The minimum atomic E-state index is -0.111. The largest absolute Gasteiger partial charge is 0.469 e. The van der Waals surface area contributed by atoms with E-state index in [9.17, 15) is 4.79 Å². The fraction of sp³-hybridized carbons (Fsp3) is 0.667. The van der Waals surface area contributed by atoms with Crippen molar-refractivity contribution in [2.24, 2.45) is 17.3 Å². The molecular weight excluding hydrogens is 140 g/mol. The van der Waals surface area contributed by atoms with Crippen LogP contribution >= 0.6 is 0 Å². The molecule has 2 unspecified atom stereocenters. The summed E-state index contributed by atoms with van der Waals surface area (Å²) >= 11 is 0. The number of hydrogen-bond acceptors (Lipinski definition) is 2. The average molecular weight is 154 g/mol. The van der Waals surface area contributed by atoms with Gasteiger partial charge in [0.2, 0.25) is 0 Å². The van der Waals surface area contributed by atoms with Crippen molar-refractivity contribution in [2.75, 3.05) is 7.11 Å². The molecule has 0 aromatic carbocycles. The quantitative estimate of drug-likeness (QED) is 0.446. The molecule has 0 spiro atoms. The van der Waals surface area contributed by atoms with Gasteiger partial charge in [0.25, 0.3) is 0 Å². The van der Waals surface area contributed by atoms with Crippen LogP contribution in [0, 0.1) is 17.3 Å². The summed E-state index contributed by atoms with van der Waals surface area (Å²) in [5.74, 6) is 0.222. The summed E-state index contributed by atoms with van der Waals surface area (Å²) in [7, 11) is 1.43. The van der Waals surface area contributed by atoms with Gasteiger partial charge >= 0.3 is 5.97 Å². The van der Waals surface area contributed by atoms with Crippen LogP contribution in [0.1, 0.15) is 13.8 Å². The zero-order chi connectivity index (χ0) is 8.65. The third-order valence-electron chi connectivity index (χ3n) is 2.62. The fourth-order valence-corrected chi connectivity index (χ4v) is 1.69. The van der Waals surface area contributed by atoms with Gasteiger partial charge in [-0.15, -0.1) is 6.58 Å². The molecule has 0 N–H and O–H groups in total. The molecule has 0 amide bonds. The molecule has 2 heteroatoms. The highest BCUT2D eigenvalue weighted by atomic mass is 16.5. The highest BCUT2D eigenvalue weighted by molar-refractivity contribution is 5.78. The predicted molar refractivity (Wildman–Crippen MR) is 43.0 cm³/mol. The fourth-order valence-electron chi connectivity index (χ4n) is 1.69. The Labute approximate surface area is 67.2 Å². The molecular formula is C9H14O2. The number of methoxy groups -OCH3 is 1. The molecule has 1 aliphatic carbocycles. The molecule has 62 valence electrons. The lowest BCUT2D eigenvalue weighted by Crippen LogP contribution is -2.07. The van der Waals surface area contributed by atoms with E-state index in [1.807, 2.05) is 6.08 Å². The van der Waals surface area contributed by atoms with Gasteiger partial charge in [-0.1, -0.05) is 19.9 Å². The molecule has 0 radical (unpaired) electrons. The molecule has 0 aliphatic heterocycles. The number of allylic oxidation sites excluding steroid dienone is 1. The van der Waals surface area contributed by atoms with E-state index in [4.69, 9.17) is 0 Å². The van der Waals surface area contributed by atoms with E-state index in [-0.39, 0.29) is 17.3 Å². The molecule has 1 saturated carbocycles. The Morgan fingerprint density at radius 2 is 2.18 bits per heavy atom. The third kappa shape index (κ3) is 1.06. The molecule has 0 bridgehead atoms. The normalized spacial score (nSPS) is 32.6. The van der Waals surface area contributed by atoms with Crippen LogP contribution in [0.25, 0.3) is 0 Å². The first-order chi connectivity index (χ1) is 5.05. The highest BCUT2D eigenvalue weighted by Gasteiger charge is 2.60. The van der Waals surface area contributed by atoms with Crippen LogP contribution in [0.5, 0.6) is 0 Å². The average Bonchev–Trinajstić information content (AvgIpc) is 2.51. The van der Waals surface area contributed by atoms with Crippen molar-refractivity contribution < 1.29 is 9.53 Å². The number of hydrogen-bond donors (Lipinski definition) is 0. The summed E-state index contributed by atoms with van der Waals surface area (Å²) < 4.78 is 4.66. The van der Waals surface area contributed by atoms with E-state index >= 15 is 0 Å². The summed E-state index contributed by atoms with van der Waals surface area (Å²) in [6.45, 7) is 7.79. The minimum Gasteiger partial charge on any atom is -0.469 e. The van der Waals surface area contributed by atoms with Crippen LogP contribution in [-0.4, -0.2) is 13.1 Å². The van der Waals surface area contributed by atoms with Crippen LogP contribution in [0.3, 0.4) is 0 Å². The Bertz CT molecular complexity index is 194. The van der Waals surface area contributed by atoms with Crippen molar-refractivity contribution in [1.29, 1.82) is 0 Å². The Morgan fingerprint density at radius 1 is 1.64 bits per heavy atom. The summed E-state index contributed by atoms with van der Waals surface area (Å²) in [4.78, 5) is 11.1. The molecule has 0 aromatic heterocycles. The first kappa shape index (κ1) is 8.31. The van der Waals surface area contributed by atoms with Gasteiger partial charge in [0, 0.05) is 0 Å². The van der Waals surface area contributed by atoms with Gasteiger partial charge in [-0.25, -0.2) is 0 Å².